The fourth-order valence-corrected chi connectivity index (χ4v) is 6.62. The number of nitrogens with zero attached hydrogens (tertiary/aromatic N) is 4. The summed E-state index contributed by atoms with van der Waals surface area (Å²) in [5.41, 5.74) is 3.99. The van der Waals surface area contributed by atoms with Gasteiger partial charge in [0, 0.05) is 0 Å². The maximum atomic E-state index is 14.2. The molecule has 49 heavy (non-hydrogen) atoms. The van der Waals surface area contributed by atoms with E-state index in [0.717, 1.165) is 19.2 Å². The Labute approximate surface area is 281 Å². The van der Waals surface area contributed by atoms with Crippen LogP contribution in [0.4, 0.5) is 5.82 Å². The highest BCUT2D eigenvalue weighted by Gasteiger charge is 2.60. The van der Waals surface area contributed by atoms with Gasteiger partial charge in [0.1, 0.15) is 41.9 Å². The topological polar surface area (TPSA) is 247 Å². The van der Waals surface area contributed by atoms with Crippen LogP contribution >= 0.6 is 7.75 Å². The average Bonchev–Trinajstić information content (AvgIpc) is 3.64. The van der Waals surface area contributed by atoms with Gasteiger partial charge in [-0.15, -0.1) is 0 Å². The summed E-state index contributed by atoms with van der Waals surface area (Å²) in [5, 5.41) is 37.7. The number of nitriles is 1. The molecule has 0 aliphatic carbocycles. The molecule has 0 bridgehead atoms. The lowest BCUT2D eigenvalue weighted by atomic mass is 9.92. The Morgan fingerprint density at radius 3 is 2.55 bits per heavy atom. The van der Waals surface area contributed by atoms with Crippen molar-refractivity contribution < 1.29 is 52.4 Å². The number of carbonyl (C=O) groups excluding carboxylic acids is 2. The summed E-state index contributed by atoms with van der Waals surface area (Å²) in [6, 6.07) is 11.6. The predicted octanol–water partition coefficient (Wildman–Crippen LogP) is 2.73. The maximum absolute atomic E-state index is 14.2. The van der Waals surface area contributed by atoms with Crippen molar-refractivity contribution >= 4 is 37.0 Å². The second-order valence-electron chi connectivity index (χ2n) is 11.3. The molecule has 1 aliphatic heterocycles. The number of hydrogen-bond donors (Lipinski definition) is 4. The minimum absolute atomic E-state index is 0.00337. The van der Waals surface area contributed by atoms with Gasteiger partial charge in [-0.05, 0) is 37.1 Å². The number of aliphatic hydroxyl groups excluding tert-OH is 1. The van der Waals surface area contributed by atoms with E-state index in [1.54, 1.807) is 18.2 Å². The number of aliphatic hydroxyl groups is 1. The monoisotopic (exact) mass is 702 g/mol. The van der Waals surface area contributed by atoms with Gasteiger partial charge in [-0.25, -0.2) is 14.1 Å². The zero-order chi connectivity index (χ0) is 35.8. The summed E-state index contributed by atoms with van der Waals surface area (Å²) in [7, 11) is -4.48. The van der Waals surface area contributed by atoms with Gasteiger partial charge in [0.2, 0.25) is 5.60 Å². The minimum Gasteiger partial charge on any atom is -0.481 e. The number of benzene rings is 1. The molecule has 6 atom stereocenters. The molecule has 3 heterocycles. The molecule has 0 unspecified atom stereocenters. The predicted molar refractivity (Wildman–Crippen MR) is 171 cm³/mol. The highest BCUT2D eigenvalue weighted by molar-refractivity contribution is 7.52. The van der Waals surface area contributed by atoms with Crippen molar-refractivity contribution in [2.45, 2.75) is 76.4 Å². The van der Waals surface area contributed by atoms with Gasteiger partial charge >= 0.3 is 25.7 Å². The van der Waals surface area contributed by atoms with Crippen molar-refractivity contribution in [1.29, 1.82) is 5.26 Å². The number of carboxylic acids is 1. The van der Waals surface area contributed by atoms with Crippen LogP contribution in [-0.2, 0) is 43.3 Å². The van der Waals surface area contributed by atoms with E-state index in [0.29, 0.717) is 0 Å². The van der Waals surface area contributed by atoms with Gasteiger partial charge in [-0.2, -0.15) is 15.4 Å². The number of nitrogen functional groups attached to an aromatic ring is 1. The second-order valence-corrected chi connectivity index (χ2v) is 13.0. The van der Waals surface area contributed by atoms with Gasteiger partial charge in [0.25, 0.3) is 0 Å². The molecule has 0 saturated carbocycles. The molecule has 4 rings (SSSR count). The summed E-state index contributed by atoms with van der Waals surface area (Å²) in [6.07, 6.45) is -3.43. The van der Waals surface area contributed by atoms with Crippen LogP contribution in [-0.4, -0.2) is 80.3 Å². The number of aliphatic carboxylic acids is 1. The Morgan fingerprint density at radius 1 is 1.18 bits per heavy atom. The largest absolute Gasteiger partial charge is 0.481 e. The Bertz CT molecular complexity index is 1710. The standard InChI is InChI=1S/C31H39N6O11P/c1-4-20(5-2)15-44-30(42)19(3)36-49(43,48-21-9-7-6-8-10-21)45-16-23-27(46-26(40)14-13-25(38)39)28(41)31(17-32,47-23)24-12-11-22-29(33)34-18-35-37(22)24/h6-12,18-20,23,27-28,41H,4-5,13-16H2,1-3H3,(H,36,43)(H,38,39)(H2,33,34,35)/t19-,23+,27+,28+,31-,49-/m0/s1. The number of fused-ring (bicyclic) bond motifs is 1. The van der Waals surface area contributed by atoms with E-state index in [1.165, 1.54) is 35.7 Å². The quantitative estimate of drug-likeness (QED) is 0.117. The summed E-state index contributed by atoms with van der Waals surface area (Å²) in [4.78, 5) is 40.5. The molecule has 3 aromatic rings. The van der Waals surface area contributed by atoms with E-state index in [-0.39, 0.29) is 35.3 Å². The lowest BCUT2D eigenvalue weighted by Gasteiger charge is -2.26. The van der Waals surface area contributed by atoms with Crippen LogP contribution < -0.4 is 15.3 Å². The fraction of sp³-hybridized carbons (Fsp3) is 0.484. The van der Waals surface area contributed by atoms with E-state index >= 15 is 0 Å². The number of anilines is 1. The van der Waals surface area contributed by atoms with Crippen LogP contribution in [0, 0.1) is 17.2 Å². The van der Waals surface area contributed by atoms with Gasteiger partial charge in [0.05, 0.1) is 31.7 Å². The molecule has 2 aromatic heterocycles. The molecule has 1 aromatic carbocycles. The summed E-state index contributed by atoms with van der Waals surface area (Å²) >= 11 is 0. The molecule has 1 aliphatic rings. The number of aromatic nitrogens is 3. The summed E-state index contributed by atoms with van der Waals surface area (Å²) < 4.78 is 43.8. The highest BCUT2D eigenvalue weighted by Crippen LogP contribution is 2.48. The minimum atomic E-state index is -4.48. The Kier molecular flexibility index (Phi) is 12.3. The number of carboxylic acid groups (broad SMARTS) is 1. The van der Waals surface area contributed by atoms with Gasteiger partial charge in [-0.3, -0.25) is 18.9 Å². The second kappa shape index (κ2) is 16.2. The first-order chi connectivity index (χ1) is 23.4. The first-order valence-corrected chi connectivity index (χ1v) is 17.1. The van der Waals surface area contributed by atoms with Crippen molar-refractivity contribution in [3.05, 3.63) is 54.5 Å². The zero-order valence-electron chi connectivity index (χ0n) is 27.1. The number of esters is 2. The van der Waals surface area contributed by atoms with Crippen LogP contribution in [0.2, 0.25) is 0 Å². The molecule has 0 spiro atoms. The van der Waals surface area contributed by atoms with Crippen LogP contribution in [0.25, 0.3) is 5.52 Å². The van der Waals surface area contributed by atoms with Gasteiger partial charge in [-0.1, -0.05) is 44.9 Å². The maximum Gasteiger partial charge on any atom is 0.459 e. The van der Waals surface area contributed by atoms with Crippen molar-refractivity contribution in [3.63, 3.8) is 0 Å². The molecule has 1 saturated heterocycles. The van der Waals surface area contributed by atoms with Gasteiger partial charge < -0.3 is 34.7 Å². The van der Waals surface area contributed by atoms with Crippen molar-refractivity contribution in [3.8, 4) is 11.8 Å². The number of hydrogen-bond acceptors (Lipinski definition) is 14. The first-order valence-electron chi connectivity index (χ1n) is 15.6. The third kappa shape index (κ3) is 8.72. The SMILES string of the molecule is CCC(CC)COC(=O)[C@H](C)N[P@](=O)(OC[C@H]1O[C@@](C#N)(c2ccc3c(N)ncnn23)[C@H](O)[C@@H]1OC(=O)CCC(=O)O)Oc1ccccc1. The number of para-hydroxylation sites is 1. The van der Waals surface area contributed by atoms with Crippen LogP contribution in [0.1, 0.15) is 52.1 Å². The van der Waals surface area contributed by atoms with E-state index in [1.807, 2.05) is 19.9 Å². The number of nitrogens with one attached hydrogen (secondary N) is 1. The fourth-order valence-electron chi connectivity index (χ4n) is 5.12. The number of carbonyl (C=O) groups is 3. The van der Waals surface area contributed by atoms with Crippen molar-refractivity contribution in [1.82, 2.24) is 19.7 Å². The Balaban J connectivity index is 1.64. The normalized spacial score (nSPS) is 22.2. The van der Waals surface area contributed by atoms with E-state index in [2.05, 4.69) is 15.2 Å². The Morgan fingerprint density at radius 2 is 1.90 bits per heavy atom. The van der Waals surface area contributed by atoms with E-state index in [4.69, 9.17) is 34.1 Å². The lowest BCUT2D eigenvalue weighted by Crippen LogP contribution is -2.43. The molecule has 264 valence electrons. The van der Waals surface area contributed by atoms with E-state index < -0.39 is 75.1 Å². The molecule has 5 N–H and O–H groups in total. The molecule has 18 heteroatoms. The van der Waals surface area contributed by atoms with Crippen molar-refractivity contribution in [2.24, 2.45) is 5.92 Å². The van der Waals surface area contributed by atoms with E-state index in [9.17, 15) is 29.3 Å². The molecule has 0 amide bonds. The lowest BCUT2D eigenvalue weighted by molar-refractivity contribution is -0.158. The van der Waals surface area contributed by atoms with Gasteiger partial charge in [0.15, 0.2) is 11.9 Å². The molecule has 1 fully saturated rings. The molecular weight excluding hydrogens is 663 g/mol. The number of nitrogens with two attached hydrogens (primary N) is 1. The molecule has 17 nitrogen and oxygen atoms in total. The molecular formula is C31H39N6O11P. The van der Waals surface area contributed by atoms with Crippen molar-refractivity contribution in [2.75, 3.05) is 18.9 Å². The number of rotatable bonds is 17. The highest BCUT2D eigenvalue weighted by atomic mass is 31.2. The summed E-state index contributed by atoms with van der Waals surface area (Å²) in [6.45, 7) is 4.80. The first kappa shape index (κ1) is 37.2. The smallest absolute Gasteiger partial charge is 0.459 e. The van der Waals surface area contributed by atoms with Crippen LogP contribution in [0.3, 0.4) is 0 Å². The average molecular weight is 703 g/mol. The zero-order valence-corrected chi connectivity index (χ0v) is 28.0. The summed E-state index contributed by atoms with van der Waals surface area (Å²) in [5.74, 6) is -2.67. The van der Waals surface area contributed by atoms with Crippen LogP contribution in [0.15, 0.2) is 48.8 Å². The Hall–Kier alpha value is -4.59. The third-order valence-electron chi connectivity index (χ3n) is 7.97. The molecule has 0 radical (unpaired) electrons. The third-order valence-corrected chi connectivity index (χ3v) is 9.61. The number of ether oxygens (including phenoxy) is 3. The van der Waals surface area contributed by atoms with Crippen LogP contribution in [0.5, 0.6) is 5.75 Å².